The molecular weight excluding hydrogens is 382 g/mol. The Labute approximate surface area is 158 Å². The van der Waals surface area contributed by atoms with Crippen LogP contribution in [0.1, 0.15) is 34.2 Å². The molecule has 1 aliphatic rings. The number of aromatic nitrogens is 2. The summed E-state index contributed by atoms with van der Waals surface area (Å²) in [5.41, 5.74) is 0.392. The van der Waals surface area contributed by atoms with E-state index in [1.807, 2.05) is 0 Å². The van der Waals surface area contributed by atoms with Crippen LogP contribution in [-0.2, 0) is 9.47 Å². The number of esters is 1. The summed E-state index contributed by atoms with van der Waals surface area (Å²) < 4.78 is 15.7. The van der Waals surface area contributed by atoms with Gasteiger partial charge in [0, 0.05) is 18.0 Å². The Kier molecular flexibility index (Phi) is 6.02. The van der Waals surface area contributed by atoms with Gasteiger partial charge in [-0.25, -0.2) is 14.8 Å². The molecule has 2 aromatic heterocycles. The Morgan fingerprint density at radius 3 is 3.04 bits per heavy atom. The number of carbonyl (C=O) groups excluding carboxylic acids is 2. The number of halogens is 1. The van der Waals surface area contributed by atoms with Crippen LogP contribution in [-0.4, -0.2) is 47.8 Å². The number of carbonyl (C=O) groups is 2. The maximum Gasteiger partial charge on any atom is 0.357 e. The molecule has 0 spiro atoms. The van der Waals surface area contributed by atoms with Crippen molar-refractivity contribution in [3.63, 3.8) is 0 Å². The number of amides is 1. The summed E-state index contributed by atoms with van der Waals surface area (Å²) in [6.07, 6.45) is 2.05. The van der Waals surface area contributed by atoms with Crippen LogP contribution in [0.3, 0.4) is 0 Å². The molecule has 3 heterocycles. The highest BCUT2D eigenvalue weighted by Gasteiger charge is 2.20. The van der Waals surface area contributed by atoms with Gasteiger partial charge in [0.05, 0.1) is 25.4 Å². The van der Waals surface area contributed by atoms with Crippen molar-refractivity contribution in [2.75, 3.05) is 25.1 Å². The molecular formula is C16H16ClN3O5S. The van der Waals surface area contributed by atoms with E-state index in [4.69, 9.17) is 25.8 Å². The topological polar surface area (TPSA) is 99.6 Å². The SMILES string of the molecule is CCOC(=O)c1csc(NC(=O)c2cnc(O[C@@H]3CCOC3)c(Cl)c2)n1. The molecule has 0 aliphatic carbocycles. The first kappa shape index (κ1) is 18.6. The first-order valence-corrected chi connectivity index (χ1v) is 9.16. The summed E-state index contributed by atoms with van der Waals surface area (Å²) in [6.45, 7) is 3.10. The van der Waals surface area contributed by atoms with E-state index >= 15 is 0 Å². The number of thiazole rings is 1. The smallest absolute Gasteiger partial charge is 0.357 e. The van der Waals surface area contributed by atoms with Gasteiger partial charge in [0.25, 0.3) is 5.91 Å². The summed E-state index contributed by atoms with van der Waals surface area (Å²) in [7, 11) is 0. The standard InChI is InChI=1S/C16H16ClN3O5S/c1-2-24-15(22)12-8-26-16(19-12)20-13(21)9-5-11(17)14(18-6-9)25-10-3-4-23-7-10/h5-6,8,10H,2-4,7H2,1H3,(H,19,20,21)/t10-/m1/s1. The quantitative estimate of drug-likeness (QED) is 0.748. The first-order valence-electron chi connectivity index (χ1n) is 7.90. The van der Waals surface area contributed by atoms with Crippen molar-refractivity contribution in [3.8, 4) is 5.88 Å². The van der Waals surface area contributed by atoms with Crippen LogP contribution in [0.2, 0.25) is 5.02 Å². The number of pyridine rings is 1. The molecule has 0 bridgehead atoms. The maximum atomic E-state index is 12.3. The van der Waals surface area contributed by atoms with E-state index in [2.05, 4.69) is 15.3 Å². The summed E-state index contributed by atoms with van der Waals surface area (Å²) in [4.78, 5) is 32.0. The van der Waals surface area contributed by atoms with Crippen molar-refractivity contribution in [1.82, 2.24) is 9.97 Å². The minimum Gasteiger partial charge on any atom is -0.471 e. The molecule has 2 aromatic rings. The van der Waals surface area contributed by atoms with E-state index < -0.39 is 11.9 Å². The number of hydrogen-bond donors (Lipinski definition) is 1. The molecule has 10 heteroatoms. The molecule has 1 fully saturated rings. The molecule has 138 valence electrons. The Bertz CT molecular complexity index is 807. The molecule has 1 amide bonds. The normalized spacial score (nSPS) is 16.3. The van der Waals surface area contributed by atoms with Gasteiger partial charge in [-0.05, 0) is 13.0 Å². The van der Waals surface area contributed by atoms with Gasteiger partial charge in [-0.3, -0.25) is 10.1 Å². The molecule has 1 atom stereocenters. The lowest BCUT2D eigenvalue weighted by Gasteiger charge is -2.12. The monoisotopic (exact) mass is 397 g/mol. The third kappa shape index (κ3) is 4.48. The van der Waals surface area contributed by atoms with E-state index in [-0.39, 0.29) is 40.0 Å². The summed E-state index contributed by atoms with van der Waals surface area (Å²) >= 11 is 7.27. The summed E-state index contributed by atoms with van der Waals surface area (Å²) in [6, 6.07) is 1.47. The minimum absolute atomic E-state index is 0.0868. The molecule has 0 saturated carbocycles. The third-order valence-corrected chi connectivity index (χ3v) is 4.47. The number of anilines is 1. The van der Waals surface area contributed by atoms with Gasteiger partial charge >= 0.3 is 5.97 Å². The lowest BCUT2D eigenvalue weighted by atomic mass is 10.2. The van der Waals surface area contributed by atoms with Crippen LogP contribution < -0.4 is 10.1 Å². The maximum absolute atomic E-state index is 12.3. The lowest BCUT2D eigenvalue weighted by molar-refractivity contribution is 0.0520. The van der Waals surface area contributed by atoms with Crippen molar-refractivity contribution >= 4 is 39.9 Å². The number of ether oxygens (including phenoxy) is 3. The van der Waals surface area contributed by atoms with Crippen LogP contribution >= 0.6 is 22.9 Å². The first-order chi connectivity index (χ1) is 12.6. The highest BCUT2D eigenvalue weighted by Crippen LogP contribution is 2.26. The highest BCUT2D eigenvalue weighted by molar-refractivity contribution is 7.14. The van der Waals surface area contributed by atoms with Crippen molar-refractivity contribution in [2.24, 2.45) is 0 Å². The van der Waals surface area contributed by atoms with E-state index in [0.29, 0.717) is 13.2 Å². The Morgan fingerprint density at radius 2 is 2.35 bits per heavy atom. The van der Waals surface area contributed by atoms with Gasteiger partial charge in [-0.1, -0.05) is 11.6 Å². The van der Waals surface area contributed by atoms with Crippen molar-refractivity contribution in [2.45, 2.75) is 19.4 Å². The fourth-order valence-corrected chi connectivity index (χ4v) is 3.08. The van der Waals surface area contributed by atoms with Gasteiger partial charge in [0.2, 0.25) is 5.88 Å². The average molecular weight is 398 g/mol. The van der Waals surface area contributed by atoms with Gasteiger partial charge < -0.3 is 14.2 Å². The van der Waals surface area contributed by atoms with Gasteiger partial charge in [0.15, 0.2) is 10.8 Å². The van der Waals surface area contributed by atoms with Gasteiger partial charge in [-0.15, -0.1) is 11.3 Å². The van der Waals surface area contributed by atoms with Crippen molar-refractivity contribution in [3.05, 3.63) is 33.9 Å². The summed E-state index contributed by atoms with van der Waals surface area (Å²) in [5, 5.41) is 4.62. The second kappa shape index (κ2) is 8.43. The zero-order valence-corrected chi connectivity index (χ0v) is 15.4. The molecule has 26 heavy (non-hydrogen) atoms. The number of nitrogens with one attached hydrogen (secondary N) is 1. The Hall–Kier alpha value is -2.23. The second-order valence-corrected chi connectivity index (χ2v) is 6.59. The zero-order chi connectivity index (χ0) is 18.5. The van der Waals surface area contributed by atoms with Crippen LogP contribution in [0.15, 0.2) is 17.6 Å². The third-order valence-electron chi connectivity index (χ3n) is 3.45. The predicted octanol–water partition coefficient (Wildman–Crippen LogP) is 2.79. The molecule has 1 aliphatic heterocycles. The molecule has 1 saturated heterocycles. The van der Waals surface area contributed by atoms with E-state index in [1.54, 1.807) is 6.92 Å². The molecule has 0 unspecified atom stereocenters. The Balaban J connectivity index is 1.64. The van der Waals surface area contributed by atoms with Crippen LogP contribution in [0.25, 0.3) is 0 Å². The lowest BCUT2D eigenvalue weighted by Crippen LogP contribution is -2.17. The van der Waals surface area contributed by atoms with Crippen LogP contribution in [0, 0.1) is 0 Å². The highest BCUT2D eigenvalue weighted by atomic mass is 35.5. The van der Waals surface area contributed by atoms with Gasteiger partial charge in [-0.2, -0.15) is 0 Å². The van der Waals surface area contributed by atoms with E-state index in [0.717, 1.165) is 17.8 Å². The van der Waals surface area contributed by atoms with Crippen molar-refractivity contribution in [1.29, 1.82) is 0 Å². The van der Waals surface area contributed by atoms with Crippen LogP contribution in [0.4, 0.5) is 5.13 Å². The van der Waals surface area contributed by atoms with Gasteiger partial charge in [0.1, 0.15) is 11.1 Å². The number of hydrogen-bond acceptors (Lipinski definition) is 8. The van der Waals surface area contributed by atoms with E-state index in [9.17, 15) is 9.59 Å². The fourth-order valence-electron chi connectivity index (χ4n) is 2.20. The molecule has 1 N–H and O–H groups in total. The summed E-state index contributed by atoms with van der Waals surface area (Å²) in [5.74, 6) is -0.719. The fraction of sp³-hybridized carbons (Fsp3) is 0.375. The Morgan fingerprint density at radius 1 is 1.50 bits per heavy atom. The molecule has 3 rings (SSSR count). The number of rotatable bonds is 6. The van der Waals surface area contributed by atoms with Crippen molar-refractivity contribution < 1.29 is 23.8 Å². The molecule has 0 aromatic carbocycles. The van der Waals surface area contributed by atoms with Crippen LogP contribution in [0.5, 0.6) is 5.88 Å². The predicted molar refractivity (Wildman–Crippen MR) is 95.1 cm³/mol. The zero-order valence-electron chi connectivity index (χ0n) is 13.9. The second-order valence-electron chi connectivity index (χ2n) is 5.33. The molecule has 8 nitrogen and oxygen atoms in total. The molecule has 0 radical (unpaired) electrons. The number of nitrogens with zero attached hydrogens (tertiary/aromatic N) is 2. The minimum atomic E-state index is -0.536. The average Bonchev–Trinajstić information content (AvgIpc) is 3.29. The van der Waals surface area contributed by atoms with E-state index in [1.165, 1.54) is 17.6 Å². The largest absolute Gasteiger partial charge is 0.471 e.